The summed E-state index contributed by atoms with van der Waals surface area (Å²) in [5, 5.41) is 3.52. The van der Waals surface area contributed by atoms with Crippen LogP contribution < -0.4 is 10.0 Å². The molecule has 5 nitrogen and oxygen atoms in total. The van der Waals surface area contributed by atoms with Crippen molar-refractivity contribution in [2.24, 2.45) is 0 Å². The molecule has 8 heteroatoms. The number of aryl methyl sites for hydroxylation is 1. The SMILES string of the molecule is CC(C(=O)NCCCc1ccc(Cl)cc1)c1ccc(NS(C)(=O)=O)c(F)c1. The zero-order chi connectivity index (χ0) is 20.0. The van der Waals surface area contributed by atoms with Crippen LogP contribution in [-0.4, -0.2) is 27.1 Å². The fourth-order valence-electron chi connectivity index (χ4n) is 2.54. The van der Waals surface area contributed by atoms with Crippen molar-refractivity contribution in [2.45, 2.75) is 25.7 Å². The van der Waals surface area contributed by atoms with Gasteiger partial charge in [-0.25, -0.2) is 12.8 Å². The summed E-state index contributed by atoms with van der Waals surface area (Å²) >= 11 is 5.84. The second-order valence-electron chi connectivity index (χ2n) is 6.36. The van der Waals surface area contributed by atoms with E-state index in [0.717, 1.165) is 24.7 Å². The van der Waals surface area contributed by atoms with Crippen LogP contribution >= 0.6 is 11.6 Å². The van der Waals surface area contributed by atoms with Crippen LogP contribution in [0.4, 0.5) is 10.1 Å². The van der Waals surface area contributed by atoms with E-state index in [-0.39, 0.29) is 11.6 Å². The molecule has 0 saturated carbocycles. The first kappa shape index (κ1) is 21.2. The Balaban J connectivity index is 1.87. The number of rotatable bonds is 8. The minimum absolute atomic E-state index is 0.142. The quantitative estimate of drug-likeness (QED) is 0.649. The summed E-state index contributed by atoms with van der Waals surface area (Å²) in [6.45, 7) is 2.18. The Morgan fingerprint density at radius 3 is 2.44 bits per heavy atom. The van der Waals surface area contributed by atoms with E-state index in [1.807, 2.05) is 24.3 Å². The van der Waals surface area contributed by atoms with Gasteiger partial charge in [-0.2, -0.15) is 0 Å². The maximum atomic E-state index is 14.1. The predicted molar refractivity (Wildman–Crippen MR) is 106 cm³/mol. The smallest absolute Gasteiger partial charge is 0.229 e. The van der Waals surface area contributed by atoms with Crippen molar-refractivity contribution in [3.05, 3.63) is 64.4 Å². The van der Waals surface area contributed by atoms with E-state index in [0.29, 0.717) is 17.1 Å². The molecule has 2 aromatic rings. The molecule has 0 radical (unpaired) electrons. The number of nitrogens with one attached hydrogen (secondary N) is 2. The van der Waals surface area contributed by atoms with Gasteiger partial charge in [-0.1, -0.05) is 29.8 Å². The van der Waals surface area contributed by atoms with Crippen molar-refractivity contribution in [1.29, 1.82) is 0 Å². The van der Waals surface area contributed by atoms with Crippen LogP contribution in [0.2, 0.25) is 5.02 Å². The van der Waals surface area contributed by atoms with Gasteiger partial charge in [0.25, 0.3) is 0 Å². The lowest BCUT2D eigenvalue weighted by Crippen LogP contribution is -2.29. The number of anilines is 1. The number of amides is 1. The van der Waals surface area contributed by atoms with Gasteiger partial charge >= 0.3 is 0 Å². The van der Waals surface area contributed by atoms with Crippen molar-refractivity contribution in [3.8, 4) is 0 Å². The van der Waals surface area contributed by atoms with Crippen LogP contribution in [-0.2, 0) is 21.2 Å². The lowest BCUT2D eigenvalue weighted by molar-refractivity contribution is -0.122. The van der Waals surface area contributed by atoms with Gasteiger partial charge in [0, 0.05) is 11.6 Å². The summed E-state index contributed by atoms with van der Waals surface area (Å²) in [5.41, 5.74) is 1.47. The zero-order valence-electron chi connectivity index (χ0n) is 15.1. The van der Waals surface area contributed by atoms with Crippen LogP contribution in [0, 0.1) is 5.82 Å². The Hall–Kier alpha value is -2.12. The maximum Gasteiger partial charge on any atom is 0.229 e. The average Bonchev–Trinajstić information content (AvgIpc) is 2.60. The van der Waals surface area contributed by atoms with Gasteiger partial charge in [0.05, 0.1) is 17.9 Å². The standard InChI is InChI=1S/C19H22ClFN2O3S/c1-13(15-7-10-18(17(21)12-15)23-27(2,25)26)19(24)22-11-3-4-14-5-8-16(20)9-6-14/h5-10,12-13,23H,3-4,11H2,1-2H3,(H,22,24). The fourth-order valence-corrected chi connectivity index (χ4v) is 3.23. The lowest BCUT2D eigenvalue weighted by Gasteiger charge is -2.14. The third kappa shape index (κ3) is 6.84. The summed E-state index contributed by atoms with van der Waals surface area (Å²) < 4.78 is 38.5. The number of sulfonamides is 1. The van der Waals surface area contributed by atoms with Crippen molar-refractivity contribution in [1.82, 2.24) is 5.32 Å². The largest absolute Gasteiger partial charge is 0.356 e. The first-order valence-corrected chi connectivity index (χ1v) is 10.7. The monoisotopic (exact) mass is 412 g/mol. The maximum absolute atomic E-state index is 14.1. The highest BCUT2D eigenvalue weighted by molar-refractivity contribution is 7.92. The molecule has 1 amide bonds. The molecule has 0 bridgehead atoms. The molecule has 1 unspecified atom stereocenters. The molecule has 0 fully saturated rings. The highest BCUT2D eigenvalue weighted by atomic mass is 35.5. The number of carbonyl (C=O) groups excluding carboxylic acids is 1. The Bertz CT molecular complexity index is 902. The topological polar surface area (TPSA) is 75.3 Å². The molecule has 27 heavy (non-hydrogen) atoms. The zero-order valence-corrected chi connectivity index (χ0v) is 16.7. The molecule has 2 aromatic carbocycles. The van der Waals surface area contributed by atoms with E-state index in [1.165, 1.54) is 18.2 Å². The van der Waals surface area contributed by atoms with Gasteiger partial charge in [0.15, 0.2) is 0 Å². The summed E-state index contributed by atoms with van der Waals surface area (Å²) in [7, 11) is -3.57. The van der Waals surface area contributed by atoms with E-state index in [1.54, 1.807) is 6.92 Å². The molecule has 0 aliphatic heterocycles. The van der Waals surface area contributed by atoms with Gasteiger partial charge in [-0.3, -0.25) is 9.52 Å². The van der Waals surface area contributed by atoms with Crippen LogP contribution in [0.5, 0.6) is 0 Å². The number of hydrogen-bond donors (Lipinski definition) is 2. The molecule has 0 saturated heterocycles. The first-order valence-electron chi connectivity index (χ1n) is 8.45. The summed E-state index contributed by atoms with van der Waals surface area (Å²) in [5.74, 6) is -1.49. The van der Waals surface area contributed by atoms with Crippen molar-refractivity contribution >= 4 is 33.2 Å². The molecular formula is C19H22ClFN2O3S. The molecule has 2 rings (SSSR count). The molecule has 0 aromatic heterocycles. The van der Waals surface area contributed by atoms with Gasteiger partial charge < -0.3 is 5.32 Å². The summed E-state index contributed by atoms with van der Waals surface area (Å²) in [4.78, 5) is 12.3. The molecule has 1 atom stereocenters. The van der Waals surface area contributed by atoms with E-state index in [4.69, 9.17) is 11.6 Å². The normalized spacial score (nSPS) is 12.4. The molecule has 0 spiro atoms. The lowest BCUT2D eigenvalue weighted by atomic mass is 9.99. The number of benzene rings is 2. The first-order chi connectivity index (χ1) is 12.7. The van der Waals surface area contributed by atoms with E-state index in [2.05, 4.69) is 10.0 Å². The predicted octanol–water partition coefficient (Wildman–Crippen LogP) is 3.70. The van der Waals surface area contributed by atoms with Gasteiger partial charge in [-0.05, 0) is 55.2 Å². The van der Waals surface area contributed by atoms with E-state index < -0.39 is 21.8 Å². The van der Waals surface area contributed by atoms with Crippen molar-refractivity contribution in [3.63, 3.8) is 0 Å². The van der Waals surface area contributed by atoms with Crippen LogP contribution in [0.25, 0.3) is 0 Å². The molecule has 0 heterocycles. The van der Waals surface area contributed by atoms with Crippen LogP contribution in [0.1, 0.15) is 30.4 Å². The van der Waals surface area contributed by atoms with E-state index >= 15 is 0 Å². The number of halogens is 2. The van der Waals surface area contributed by atoms with Crippen LogP contribution in [0.15, 0.2) is 42.5 Å². The third-order valence-corrected chi connectivity index (χ3v) is 4.88. The minimum atomic E-state index is -3.57. The summed E-state index contributed by atoms with van der Waals surface area (Å²) in [6, 6.07) is 11.6. The molecular weight excluding hydrogens is 391 g/mol. The average molecular weight is 413 g/mol. The van der Waals surface area contributed by atoms with Crippen molar-refractivity contribution in [2.75, 3.05) is 17.5 Å². The van der Waals surface area contributed by atoms with Crippen LogP contribution in [0.3, 0.4) is 0 Å². The summed E-state index contributed by atoms with van der Waals surface area (Å²) in [6.07, 6.45) is 2.53. The Kier molecular flexibility index (Phi) is 7.21. The molecule has 0 aliphatic rings. The van der Waals surface area contributed by atoms with Gasteiger partial charge in [0.1, 0.15) is 5.82 Å². The molecule has 0 aliphatic carbocycles. The van der Waals surface area contributed by atoms with Gasteiger partial charge in [0.2, 0.25) is 15.9 Å². The Morgan fingerprint density at radius 1 is 1.19 bits per heavy atom. The highest BCUT2D eigenvalue weighted by Gasteiger charge is 2.17. The second kappa shape index (κ2) is 9.19. The highest BCUT2D eigenvalue weighted by Crippen LogP contribution is 2.22. The Morgan fingerprint density at radius 2 is 1.85 bits per heavy atom. The number of carbonyl (C=O) groups is 1. The fraction of sp³-hybridized carbons (Fsp3) is 0.316. The second-order valence-corrected chi connectivity index (χ2v) is 8.54. The third-order valence-electron chi connectivity index (χ3n) is 4.04. The van der Waals surface area contributed by atoms with Crippen molar-refractivity contribution < 1.29 is 17.6 Å². The molecule has 2 N–H and O–H groups in total. The molecule has 146 valence electrons. The van der Waals surface area contributed by atoms with E-state index in [9.17, 15) is 17.6 Å². The minimum Gasteiger partial charge on any atom is -0.356 e. The number of hydrogen-bond acceptors (Lipinski definition) is 3. The Labute approximate surface area is 164 Å². The van der Waals surface area contributed by atoms with Gasteiger partial charge in [-0.15, -0.1) is 0 Å².